The SMILES string of the molecule is CCOc1cccc2sc(N(CC3CCCO3)C(=O)c3cc(-c4ccccc4)on3)nc12. The van der Waals surface area contributed by atoms with Gasteiger partial charge in [-0.2, -0.15) is 0 Å². The number of amides is 1. The van der Waals surface area contributed by atoms with Gasteiger partial charge in [0, 0.05) is 18.2 Å². The molecular formula is C24H23N3O4S. The average Bonchev–Trinajstić information content (AvgIpc) is 3.59. The topological polar surface area (TPSA) is 77.7 Å². The van der Waals surface area contributed by atoms with Crippen molar-refractivity contribution in [2.24, 2.45) is 0 Å². The Morgan fingerprint density at radius 1 is 1.22 bits per heavy atom. The lowest BCUT2D eigenvalue weighted by molar-refractivity contribution is 0.0910. The van der Waals surface area contributed by atoms with Gasteiger partial charge in [0.05, 0.1) is 24.0 Å². The molecule has 4 aromatic rings. The monoisotopic (exact) mass is 449 g/mol. The minimum absolute atomic E-state index is 0.0298. The van der Waals surface area contributed by atoms with E-state index in [9.17, 15) is 4.79 Å². The van der Waals surface area contributed by atoms with Crippen molar-refractivity contribution in [2.45, 2.75) is 25.9 Å². The largest absolute Gasteiger partial charge is 0.492 e. The van der Waals surface area contributed by atoms with Crippen LogP contribution in [0.4, 0.5) is 5.13 Å². The van der Waals surface area contributed by atoms with Gasteiger partial charge in [0.2, 0.25) is 0 Å². The van der Waals surface area contributed by atoms with E-state index in [1.807, 2.05) is 55.5 Å². The molecule has 164 valence electrons. The molecule has 1 saturated heterocycles. The summed E-state index contributed by atoms with van der Waals surface area (Å²) in [6.45, 7) is 3.61. The lowest BCUT2D eigenvalue weighted by Crippen LogP contribution is -2.37. The highest BCUT2D eigenvalue weighted by atomic mass is 32.1. The Morgan fingerprint density at radius 2 is 2.09 bits per heavy atom. The number of carbonyl (C=O) groups is 1. The Bertz CT molecular complexity index is 1210. The maximum absolute atomic E-state index is 13.5. The quantitative estimate of drug-likeness (QED) is 0.387. The van der Waals surface area contributed by atoms with Gasteiger partial charge in [-0.1, -0.05) is 52.9 Å². The van der Waals surface area contributed by atoms with Gasteiger partial charge in [-0.05, 0) is 31.9 Å². The summed E-state index contributed by atoms with van der Waals surface area (Å²) in [4.78, 5) is 20.0. The van der Waals surface area contributed by atoms with Crippen molar-refractivity contribution in [3.63, 3.8) is 0 Å². The molecule has 0 spiro atoms. The minimum Gasteiger partial charge on any atom is -0.492 e. The van der Waals surface area contributed by atoms with Gasteiger partial charge in [0.15, 0.2) is 16.6 Å². The fourth-order valence-corrected chi connectivity index (χ4v) is 4.78. The Hall–Kier alpha value is -3.23. The number of thiazole rings is 1. The smallest absolute Gasteiger partial charge is 0.282 e. The van der Waals surface area contributed by atoms with Gasteiger partial charge in [-0.25, -0.2) is 4.98 Å². The molecule has 32 heavy (non-hydrogen) atoms. The zero-order valence-corrected chi connectivity index (χ0v) is 18.5. The Balaban J connectivity index is 1.50. The fraction of sp³-hybridized carbons (Fsp3) is 0.292. The molecule has 5 rings (SSSR count). The van der Waals surface area contributed by atoms with Crippen molar-refractivity contribution in [2.75, 3.05) is 24.7 Å². The first-order chi connectivity index (χ1) is 15.7. The molecule has 2 aromatic carbocycles. The molecule has 0 bridgehead atoms. The van der Waals surface area contributed by atoms with Crippen LogP contribution in [-0.2, 0) is 4.74 Å². The molecule has 1 aliphatic rings. The molecule has 1 fully saturated rings. The van der Waals surface area contributed by atoms with Crippen LogP contribution in [-0.4, -0.2) is 41.9 Å². The molecule has 1 unspecified atom stereocenters. The van der Waals surface area contributed by atoms with Gasteiger partial charge in [0.25, 0.3) is 5.91 Å². The average molecular weight is 450 g/mol. The highest BCUT2D eigenvalue weighted by Crippen LogP contribution is 2.35. The van der Waals surface area contributed by atoms with Crippen LogP contribution >= 0.6 is 11.3 Å². The van der Waals surface area contributed by atoms with Crippen molar-refractivity contribution in [3.05, 3.63) is 60.3 Å². The van der Waals surface area contributed by atoms with Crippen molar-refractivity contribution < 1.29 is 18.8 Å². The van der Waals surface area contributed by atoms with Crippen LogP contribution in [0.3, 0.4) is 0 Å². The first-order valence-electron chi connectivity index (χ1n) is 10.7. The summed E-state index contributed by atoms with van der Waals surface area (Å²) >= 11 is 1.45. The van der Waals surface area contributed by atoms with E-state index in [0.29, 0.717) is 36.4 Å². The van der Waals surface area contributed by atoms with Crippen LogP contribution in [0.5, 0.6) is 5.75 Å². The van der Waals surface area contributed by atoms with Crippen molar-refractivity contribution >= 4 is 32.6 Å². The van der Waals surface area contributed by atoms with Crippen LogP contribution in [0.2, 0.25) is 0 Å². The van der Waals surface area contributed by atoms with Crippen LogP contribution in [0.25, 0.3) is 21.5 Å². The minimum atomic E-state index is -0.261. The van der Waals surface area contributed by atoms with Gasteiger partial charge in [-0.15, -0.1) is 0 Å². The third kappa shape index (κ3) is 4.11. The molecule has 2 aromatic heterocycles. The molecule has 0 aliphatic carbocycles. The number of aromatic nitrogens is 2. The molecule has 3 heterocycles. The number of hydrogen-bond acceptors (Lipinski definition) is 7. The zero-order chi connectivity index (χ0) is 21.9. The highest BCUT2D eigenvalue weighted by molar-refractivity contribution is 7.22. The fourth-order valence-electron chi connectivity index (χ4n) is 3.79. The van der Waals surface area contributed by atoms with E-state index in [1.165, 1.54) is 11.3 Å². The summed E-state index contributed by atoms with van der Waals surface area (Å²) in [5.74, 6) is 1.00. The molecule has 8 heteroatoms. The van der Waals surface area contributed by atoms with E-state index in [-0.39, 0.29) is 17.7 Å². The van der Waals surface area contributed by atoms with E-state index in [0.717, 1.165) is 28.6 Å². The Kier molecular flexibility index (Phi) is 5.87. The molecular weight excluding hydrogens is 426 g/mol. The molecule has 1 atom stereocenters. The number of rotatable bonds is 7. The van der Waals surface area contributed by atoms with Crippen LogP contribution in [0.15, 0.2) is 59.1 Å². The summed E-state index contributed by atoms with van der Waals surface area (Å²) in [6, 6.07) is 17.1. The summed E-state index contributed by atoms with van der Waals surface area (Å²) in [5, 5.41) is 4.65. The van der Waals surface area contributed by atoms with Gasteiger partial charge < -0.3 is 14.0 Å². The number of ether oxygens (including phenoxy) is 2. The third-order valence-corrected chi connectivity index (χ3v) is 6.39. The molecule has 1 amide bonds. The summed E-state index contributed by atoms with van der Waals surface area (Å²) in [6.07, 6.45) is 1.87. The highest BCUT2D eigenvalue weighted by Gasteiger charge is 2.29. The number of carbonyl (C=O) groups excluding carboxylic acids is 1. The van der Waals surface area contributed by atoms with E-state index in [4.69, 9.17) is 19.0 Å². The van der Waals surface area contributed by atoms with Crippen molar-refractivity contribution in [1.82, 2.24) is 10.1 Å². The normalized spacial score (nSPS) is 15.8. The van der Waals surface area contributed by atoms with E-state index < -0.39 is 0 Å². The first kappa shape index (κ1) is 20.7. The number of anilines is 1. The summed E-state index contributed by atoms with van der Waals surface area (Å²) < 4.78 is 18.0. The maximum Gasteiger partial charge on any atom is 0.282 e. The maximum atomic E-state index is 13.5. The van der Waals surface area contributed by atoms with E-state index >= 15 is 0 Å². The second-order valence-electron chi connectivity index (χ2n) is 7.53. The second-order valence-corrected chi connectivity index (χ2v) is 8.53. The van der Waals surface area contributed by atoms with Gasteiger partial charge in [0.1, 0.15) is 11.3 Å². The predicted molar refractivity (Wildman–Crippen MR) is 123 cm³/mol. The van der Waals surface area contributed by atoms with Crippen LogP contribution in [0, 0.1) is 0 Å². The lowest BCUT2D eigenvalue weighted by Gasteiger charge is -2.21. The molecule has 0 radical (unpaired) electrons. The van der Waals surface area contributed by atoms with Crippen LogP contribution in [0.1, 0.15) is 30.3 Å². The number of benzene rings is 2. The summed E-state index contributed by atoms with van der Waals surface area (Å²) in [5.41, 5.74) is 1.86. The predicted octanol–water partition coefficient (Wildman–Crippen LogP) is 5.18. The first-order valence-corrected chi connectivity index (χ1v) is 11.5. The van der Waals surface area contributed by atoms with Gasteiger partial charge >= 0.3 is 0 Å². The molecule has 1 aliphatic heterocycles. The molecule has 0 saturated carbocycles. The van der Waals surface area contributed by atoms with Crippen molar-refractivity contribution in [3.8, 4) is 17.1 Å². The number of nitrogens with zero attached hydrogens (tertiary/aromatic N) is 3. The zero-order valence-electron chi connectivity index (χ0n) is 17.7. The van der Waals surface area contributed by atoms with Crippen molar-refractivity contribution in [1.29, 1.82) is 0 Å². The number of fused-ring (bicyclic) bond motifs is 1. The van der Waals surface area contributed by atoms with E-state index in [2.05, 4.69) is 5.16 Å². The Morgan fingerprint density at radius 3 is 2.88 bits per heavy atom. The molecule has 0 N–H and O–H groups in total. The Labute approximate surface area is 189 Å². The lowest BCUT2D eigenvalue weighted by atomic mass is 10.1. The summed E-state index contributed by atoms with van der Waals surface area (Å²) in [7, 11) is 0. The standard InChI is InChI=1S/C24H23N3O4S/c1-2-29-19-11-6-12-21-22(19)25-24(32-21)27(15-17-10-7-13-30-17)23(28)18-14-20(31-26-18)16-8-4-3-5-9-16/h3-6,8-9,11-12,14,17H,2,7,10,13,15H2,1H3. The molecule has 7 nitrogen and oxygen atoms in total. The third-order valence-electron chi connectivity index (χ3n) is 5.34. The number of hydrogen-bond donors (Lipinski definition) is 0. The second kappa shape index (κ2) is 9.10. The number of para-hydroxylation sites is 1. The van der Waals surface area contributed by atoms with Crippen LogP contribution < -0.4 is 9.64 Å². The van der Waals surface area contributed by atoms with Gasteiger partial charge in [-0.3, -0.25) is 9.69 Å². The van der Waals surface area contributed by atoms with E-state index in [1.54, 1.807) is 11.0 Å².